The van der Waals surface area contributed by atoms with Gasteiger partial charge in [0.15, 0.2) is 0 Å². The maximum Gasteiger partial charge on any atom is 0.239 e. The van der Waals surface area contributed by atoms with Gasteiger partial charge in [-0.15, -0.1) is 0 Å². The summed E-state index contributed by atoms with van der Waals surface area (Å²) in [6.07, 6.45) is 3.16. The maximum absolute atomic E-state index is 12.6. The standard InChI is InChI=1S/C21H20ClN3O2/c22-15-6-7-19-18(12-15)14(13-24-19)8-10-23-20(26)17-9-11-25(21(17)27)16-4-2-1-3-5-16/h1-7,12-13,17,24H,8-11H2,(H,23,26). The molecule has 0 spiro atoms. The Morgan fingerprint density at radius 2 is 2.04 bits per heavy atom. The highest BCUT2D eigenvalue weighted by molar-refractivity contribution is 6.31. The number of carbonyl (C=O) groups excluding carboxylic acids is 2. The number of hydrogen-bond donors (Lipinski definition) is 2. The molecule has 2 N–H and O–H groups in total. The molecule has 1 atom stereocenters. The second-order valence-corrected chi connectivity index (χ2v) is 7.15. The van der Waals surface area contributed by atoms with Gasteiger partial charge >= 0.3 is 0 Å². The van der Waals surface area contributed by atoms with Crippen molar-refractivity contribution in [3.8, 4) is 0 Å². The molecule has 5 nitrogen and oxygen atoms in total. The fourth-order valence-corrected chi connectivity index (χ4v) is 3.76. The van der Waals surface area contributed by atoms with Crippen LogP contribution in [0.2, 0.25) is 5.02 Å². The summed E-state index contributed by atoms with van der Waals surface area (Å²) in [4.78, 5) is 30.0. The van der Waals surface area contributed by atoms with Crippen LogP contribution in [0.3, 0.4) is 0 Å². The SMILES string of the molecule is O=C(NCCc1c[nH]c2ccc(Cl)cc12)C1CCN(c2ccccc2)C1=O. The summed E-state index contributed by atoms with van der Waals surface area (Å²) in [7, 11) is 0. The zero-order valence-electron chi connectivity index (χ0n) is 14.7. The van der Waals surface area contributed by atoms with E-state index in [0.29, 0.717) is 31.0 Å². The molecule has 2 heterocycles. The Hall–Kier alpha value is -2.79. The topological polar surface area (TPSA) is 65.2 Å². The molecule has 1 saturated heterocycles. The Balaban J connectivity index is 1.36. The van der Waals surface area contributed by atoms with Crippen LogP contribution in [0.25, 0.3) is 10.9 Å². The molecule has 0 aliphatic carbocycles. The number of fused-ring (bicyclic) bond motifs is 1. The van der Waals surface area contributed by atoms with Crippen molar-refractivity contribution in [2.45, 2.75) is 12.8 Å². The van der Waals surface area contributed by atoms with Crippen molar-refractivity contribution in [1.29, 1.82) is 0 Å². The molecular weight excluding hydrogens is 362 g/mol. The normalized spacial score (nSPS) is 16.9. The number of halogens is 1. The Morgan fingerprint density at radius 1 is 1.22 bits per heavy atom. The number of benzene rings is 2. The number of H-pyrrole nitrogens is 1. The first-order valence-corrected chi connectivity index (χ1v) is 9.41. The number of aromatic nitrogens is 1. The van der Waals surface area contributed by atoms with Crippen molar-refractivity contribution in [2.75, 3.05) is 18.0 Å². The number of anilines is 1. The van der Waals surface area contributed by atoms with Gasteiger partial charge in [-0.2, -0.15) is 0 Å². The van der Waals surface area contributed by atoms with Crippen LogP contribution >= 0.6 is 11.6 Å². The lowest BCUT2D eigenvalue weighted by Crippen LogP contribution is -2.37. The van der Waals surface area contributed by atoms with E-state index in [-0.39, 0.29) is 11.8 Å². The number of aromatic amines is 1. The van der Waals surface area contributed by atoms with Crippen LogP contribution in [-0.2, 0) is 16.0 Å². The van der Waals surface area contributed by atoms with Gasteiger partial charge in [-0.25, -0.2) is 0 Å². The van der Waals surface area contributed by atoms with Gasteiger partial charge in [0.1, 0.15) is 5.92 Å². The predicted octanol–water partition coefficient (Wildman–Crippen LogP) is 3.53. The van der Waals surface area contributed by atoms with E-state index in [1.54, 1.807) is 4.90 Å². The average molecular weight is 382 g/mol. The molecule has 4 rings (SSSR count). The summed E-state index contributed by atoms with van der Waals surface area (Å²) in [5, 5.41) is 4.66. The zero-order valence-corrected chi connectivity index (χ0v) is 15.5. The van der Waals surface area contributed by atoms with E-state index >= 15 is 0 Å². The number of nitrogens with one attached hydrogen (secondary N) is 2. The molecular formula is C21H20ClN3O2. The fourth-order valence-electron chi connectivity index (χ4n) is 3.59. The van der Waals surface area contributed by atoms with Crippen molar-refractivity contribution in [2.24, 2.45) is 5.92 Å². The quantitative estimate of drug-likeness (QED) is 0.664. The van der Waals surface area contributed by atoms with E-state index in [1.807, 2.05) is 54.7 Å². The molecule has 27 heavy (non-hydrogen) atoms. The summed E-state index contributed by atoms with van der Waals surface area (Å²) >= 11 is 6.07. The van der Waals surface area contributed by atoms with Crippen LogP contribution < -0.4 is 10.2 Å². The number of rotatable bonds is 5. The smallest absolute Gasteiger partial charge is 0.239 e. The Kier molecular flexibility index (Phi) is 4.86. The van der Waals surface area contributed by atoms with Gasteiger partial charge in [0, 0.05) is 40.9 Å². The Morgan fingerprint density at radius 3 is 2.85 bits per heavy atom. The highest BCUT2D eigenvalue weighted by Gasteiger charge is 2.37. The van der Waals surface area contributed by atoms with E-state index in [1.165, 1.54) is 0 Å². The zero-order chi connectivity index (χ0) is 18.8. The lowest BCUT2D eigenvalue weighted by Gasteiger charge is -2.16. The molecule has 2 amide bonds. The van der Waals surface area contributed by atoms with Crippen LogP contribution in [0.5, 0.6) is 0 Å². The molecule has 1 aliphatic rings. The largest absolute Gasteiger partial charge is 0.361 e. The fraction of sp³-hybridized carbons (Fsp3) is 0.238. The van der Waals surface area contributed by atoms with Crippen LogP contribution in [0.1, 0.15) is 12.0 Å². The average Bonchev–Trinajstić information content (AvgIpc) is 3.26. The van der Waals surface area contributed by atoms with Gasteiger partial charge in [0.25, 0.3) is 0 Å². The predicted molar refractivity (Wildman–Crippen MR) is 107 cm³/mol. The number of para-hydroxylation sites is 1. The molecule has 2 aromatic carbocycles. The second kappa shape index (κ2) is 7.45. The van der Waals surface area contributed by atoms with Crippen molar-refractivity contribution in [3.63, 3.8) is 0 Å². The minimum atomic E-state index is -0.609. The molecule has 0 saturated carbocycles. The highest BCUT2D eigenvalue weighted by Crippen LogP contribution is 2.25. The van der Waals surface area contributed by atoms with Crippen LogP contribution in [0.15, 0.2) is 54.7 Å². The number of carbonyl (C=O) groups is 2. The molecule has 6 heteroatoms. The molecule has 138 valence electrons. The molecule has 3 aromatic rings. The molecule has 1 fully saturated rings. The minimum absolute atomic E-state index is 0.127. The molecule has 0 radical (unpaired) electrons. The first-order chi connectivity index (χ1) is 13.1. The number of hydrogen-bond acceptors (Lipinski definition) is 2. The maximum atomic E-state index is 12.6. The second-order valence-electron chi connectivity index (χ2n) is 6.71. The van der Waals surface area contributed by atoms with Gasteiger partial charge in [0.05, 0.1) is 0 Å². The van der Waals surface area contributed by atoms with Crippen molar-refractivity contribution in [1.82, 2.24) is 10.3 Å². The van der Waals surface area contributed by atoms with Crippen molar-refractivity contribution in [3.05, 3.63) is 65.3 Å². The van der Waals surface area contributed by atoms with Crippen molar-refractivity contribution >= 4 is 40.0 Å². The van der Waals surface area contributed by atoms with Crippen molar-refractivity contribution < 1.29 is 9.59 Å². The Bertz CT molecular complexity index is 984. The lowest BCUT2D eigenvalue weighted by molar-refractivity contribution is -0.132. The first kappa shape index (κ1) is 17.6. The van der Waals surface area contributed by atoms with Crippen LogP contribution in [0.4, 0.5) is 5.69 Å². The van der Waals surface area contributed by atoms with Gasteiger partial charge in [-0.3, -0.25) is 9.59 Å². The lowest BCUT2D eigenvalue weighted by atomic mass is 10.1. The third kappa shape index (κ3) is 3.55. The third-order valence-electron chi connectivity index (χ3n) is 5.01. The van der Waals surface area contributed by atoms with Crippen LogP contribution in [-0.4, -0.2) is 29.9 Å². The van der Waals surface area contributed by atoms with Gasteiger partial charge in [0.2, 0.25) is 11.8 Å². The van der Waals surface area contributed by atoms with Gasteiger partial charge < -0.3 is 15.2 Å². The molecule has 1 aliphatic heterocycles. The number of nitrogens with zero attached hydrogens (tertiary/aromatic N) is 1. The first-order valence-electron chi connectivity index (χ1n) is 9.03. The molecule has 1 aromatic heterocycles. The van der Waals surface area contributed by atoms with E-state index < -0.39 is 5.92 Å². The summed E-state index contributed by atoms with van der Waals surface area (Å²) in [6.45, 7) is 1.05. The van der Waals surface area contributed by atoms with E-state index in [9.17, 15) is 9.59 Å². The van der Waals surface area contributed by atoms with Gasteiger partial charge in [-0.1, -0.05) is 29.8 Å². The third-order valence-corrected chi connectivity index (χ3v) is 5.25. The highest BCUT2D eigenvalue weighted by atomic mass is 35.5. The van der Waals surface area contributed by atoms with Crippen LogP contribution in [0, 0.1) is 5.92 Å². The summed E-state index contributed by atoms with van der Waals surface area (Å²) in [6, 6.07) is 15.2. The van der Waals surface area contributed by atoms with E-state index in [4.69, 9.17) is 11.6 Å². The number of amides is 2. The monoisotopic (exact) mass is 381 g/mol. The van der Waals surface area contributed by atoms with Gasteiger partial charge in [-0.05, 0) is 48.7 Å². The minimum Gasteiger partial charge on any atom is -0.361 e. The summed E-state index contributed by atoms with van der Waals surface area (Å²) in [5.41, 5.74) is 2.95. The summed E-state index contributed by atoms with van der Waals surface area (Å²) < 4.78 is 0. The summed E-state index contributed by atoms with van der Waals surface area (Å²) in [5.74, 6) is -0.934. The van der Waals surface area contributed by atoms with E-state index in [0.717, 1.165) is 22.2 Å². The Labute approximate surface area is 162 Å². The van der Waals surface area contributed by atoms with E-state index in [2.05, 4.69) is 10.3 Å². The molecule has 1 unspecified atom stereocenters. The molecule has 0 bridgehead atoms.